The molecule has 2 aromatic carbocycles. The quantitative estimate of drug-likeness (QED) is 0.559. The lowest BCUT2D eigenvalue weighted by atomic mass is 9.85. The fourth-order valence-corrected chi connectivity index (χ4v) is 2.75. The van der Waals surface area contributed by atoms with Crippen LogP contribution in [0.3, 0.4) is 0 Å². The summed E-state index contributed by atoms with van der Waals surface area (Å²) in [6.45, 7) is 5.80. The van der Waals surface area contributed by atoms with E-state index in [1.165, 1.54) is 0 Å². The minimum atomic E-state index is -0.449. The van der Waals surface area contributed by atoms with Gasteiger partial charge in [-0.2, -0.15) is 0 Å². The van der Waals surface area contributed by atoms with Crippen LogP contribution in [0.15, 0.2) is 54.6 Å². The van der Waals surface area contributed by atoms with Crippen molar-refractivity contribution >= 4 is 28.3 Å². The number of hydrogen-bond donors (Lipinski definition) is 0. The highest BCUT2D eigenvalue weighted by atomic mass is 35.5. The minimum absolute atomic E-state index is 0.111. The van der Waals surface area contributed by atoms with Gasteiger partial charge < -0.3 is 0 Å². The Bertz CT molecular complexity index is 894. The zero-order valence-electron chi connectivity index (χ0n) is 13.4. The Labute approximate surface area is 141 Å². The Morgan fingerprint density at radius 3 is 2.43 bits per heavy atom. The molecule has 0 aliphatic heterocycles. The molecule has 3 aromatic rings. The molecular weight excluding hydrogens is 306 g/mol. The van der Waals surface area contributed by atoms with Crippen molar-refractivity contribution < 1.29 is 4.79 Å². The lowest BCUT2D eigenvalue weighted by molar-refractivity contribution is 0.0860. The second-order valence-corrected chi connectivity index (χ2v) is 7.10. The summed E-state index contributed by atoms with van der Waals surface area (Å²) in [6.07, 6.45) is 0. The molecule has 0 unspecified atom stereocenters. The van der Waals surface area contributed by atoms with Crippen molar-refractivity contribution in [2.24, 2.45) is 5.41 Å². The number of hydrogen-bond acceptors (Lipinski definition) is 2. The zero-order valence-corrected chi connectivity index (χ0v) is 14.2. The summed E-state index contributed by atoms with van der Waals surface area (Å²) in [5.74, 6) is 0.111. The summed E-state index contributed by atoms with van der Waals surface area (Å²) in [7, 11) is 0. The molecule has 0 aliphatic carbocycles. The van der Waals surface area contributed by atoms with Crippen molar-refractivity contribution in [3.63, 3.8) is 0 Å². The first-order chi connectivity index (χ1) is 10.9. The summed E-state index contributed by atoms with van der Waals surface area (Å²) in [6, 6.07) is 17.2. The summed E-state index contributed by atoms with van der Waals surface area (Å²) in [5.41, 5.74) is 2.75. The third-order valence-corrected chi connectivity index (χ3v) is 4.00. The Balaban J connectivity index is 2.28. The van der Waals surface area contributed by atoms with E-state index in [0.29, 0.717) is 10.6 Å². The number of halogens is 1. The van der Waals surface area contributed by atoms with Gasteiger partial charge in [-0.05, 0) is 24.3 Å². The van der Waals surface area contributed by atoms with E-state index in [9.17, 15) is 4.79 Å². The molecule has 0 atom stereocenters. The van der Waals surface area contributed by atoms with Gasteiger partial charge in [0.25, 0.3) is 0 Å². The number of aromatic nitrogens is 1. The molecule has 1 heterocycles. The Hall–Kier alpha value is -2.19. The summed E-state index contributed by atoms with van der Waals surface area (Å²) in [5, 5.41) is 1.54. The average Bonchev–Trinajstić information content (AvgIpc) is 2.52. The van der Waals surface area contributed by atoms with Crippen LogP contribution < -0.4 is 0 Å². The zero-order chi connectivity index (χ0) is 16.6. The molecule has 3 rings (SSSR count). The van der Waals surface area contributed by atoms with Gasteiger partial charge in [0.05, 0.1) is 11.2 Å². The van der Waals surface area contributed by atoms with Crippen LogP contribution in [0.2, 0.25) is 5.02 Å². The Morgan fingerprint density at radius 1 is 1.00 bits per heavy atom. The van der Waals surface area contributed by atoms with Crippen LogP contribution in [0, 0.1) is 5.41 Å². The second-order valence-electron chi connectivity index (χ2n) is 6.66. The number of pyridine rings is 1. The topological polar surface area (TPSA) is 30.0 Å². The SMILES string of the molecule is CC(C)(C)C(=O)c1cc(-c2cccc(Cl)c2)nc2ccccc12. The molecule has 0 saturated heterocycles. The van der Waals surface area contributed by atoms with E-state index in [1.807, 2.05) is 75.4 Å². The fraction of sp³-hybridized carbons (Fsp3) is 0.200. The van der Waals surface area contributed by atoms with Gasteiger partial charge >= 0.3 is 0 Å². The number of nitrogens with zero attached hydrogens (tertiary/aromatic N) is 1. The van der Waals surface area contributed by atoms with Crippen LogP contribution in [0.4, 0.5) is 0 Å². The third-order valence-electron chi connectivity index (χ3n) is 3.76. The average molecular weight is 324 g/mol. The van der Waals surface area contributed by atoms with Gasteiger partial charge in [-0.3, -0.25) is 4.79 Å². The molecule has 0 amide bonds. The number of benzene rings is 2. The first-order valence-electron chi connectivity index (χ1n) is 7.57. The number of rotatable bonds is 2. The van der Waals surface area contributed by atoms with Crippen LogP contribution in [0.1, 0.15) is 31.1 Å². The van der Waals surface area contributed by atoms with Gasteiger partial charge in [-0.1, -0.05) is 62.7 Å². The van der Waals surface area contributed by atoms with E-state index >= 15 is 0 Å². The van der Waals surface area contributed by atoms with E-state index in [4.69, 9.17) is 16.6 Å². The summed E-state index contributed by atoms with van der Waals surface area (Å²) in [4.78, 5) is 17.6. The van der Waals surface area contributed by atoms with Gasteiger partial charge in [0.2, 0.25) is 0 Å². The van der Waals surface area contributed by atoms with Crippen molar-refractivity contribution in [2.45, 2.75) is 20.8 Å². The summed E-state index contributed by atoms with van der Waals surface area (Å²) >= 11 is 6.09. The number of carbonyl (C=O) groups excluding carboxylic acids is 1. The van der Waals surface area contributed by atoms with Crippen molar-refractivity contribution in [3.8, 4) is 11.3 Å². The van der Waals surface area contributed by atoms with Crippen LogP contribution in [0.25, 0.3) is 22.2 Å². The standard InChI is InChI=1S/C20H18ClNO/c1-20(2,3)19(23)16-12-18(13-7-6-8-14(21)11-13)22-17-10-5-4-9-15(16)17/h4-12H,1-3H3. The maximum absolute atomic E-state index is 12.9. The molecular formula is C20H18ClNO. The predicted molar refractivity (Wildman–Crippen MR) is 96.0 cm³/mol. The maximum atomic E-state index is 12.9. The lowest BCUT2D eigenvalue weighted by Crippen LogP contribution is -2.20. The van der Waals surface area contributed by atoms with E-state index in [-0.39, 0.29) is 5.78 Å². The van der Waals surface area contributed by atoms with Crippen LogP contribution >= 0.6 is 11.6 Å². The highest BCUT2D eigenvalue weighted by Gasteiger charge is 2.25. The molecule has 0 fully saturated rings. The molecule has 0 aliphatic rings. The molecule has 23 heavy (non-hydrogen) atoms. The molecule has 116 valence electrons. The molecule has 0 spiro atoms. The monoisotopic (exact) mass is 323 g/mol. The number of carbonyl (C=O) groups is 1. The highest BCUT2D eigenvalue weighted by molar-refractivity contribution is 6.30. The largest absolute Gasteiger partial charge is 0.294 e. The van der Waals surface area contributed by atoms with Crippen molar-refractivity contribution in [1.82, 2.24) is 4.98 Å². The molecule has 3 heteroatoms. The number of fused-ring (bicyclic) bond motifs is 1. The smallest absolute Gasteiger partial charge is 0.168 e. The first kappa shape index (κ1) is 15.7. The van der Waals surface area contributed by atoms with E-state index in [1.54, 1.807) is 0 Å². The van der Waals surface area contributed by atoms with E-state index in [0.717, 1.165) is 22.2 Å². The van der Waals surface area contributed by atoms with E-state index in [2.05, 4.69) is 0 Å². The molecule has 0 bridgehead atoms. The van der Waals surface area contributed by atoms with Gasteiger partial charge in [0.15, 0.2) is 5.78 Å². The van der Waals surface area contributed by atoms with Crippen LogP contribution in [-0.2, 0) is 0 Å². The number of para-hydroxylation sites is 1. The molecule has 1 aromatic heterocycles. The normalized spacial score (nSPS) is 11.7. The van der Waals surface area contributed by atoms with Crippen molar-refractivity contribution in [1.29, 1.82) is 0 Å². The Morgan fingerprint density at radius 2 is 1.74 bits per heavy atom. The number of ketones is 1. The molecule has 0 N–H and O–H groups in total. The maximum Gasteiger partial charge on any atom is 0.168 e. The molecule has 2 nitrogen and oxygen atoms in total. The van der Waals surface area contributed by atoms with Crippen molar-refractivity contribution in [2.75, 3.05) is 0 Å². The van der Waals surface area contributed by atoms with Gasteiger partial charge in [0.1, 0.15) is 0 Å². The first-order valence-corrected chi connectivity index (χ1v) is 7.94. The minimum Gasteiger partial charge on any atom is -0.294 e. The van der Waals surface area contributed by atoms with Crippen molar-refractivity contribution in [3.05, 3.63) is 65.2 Å². The number of Topliss-reactive ketones (excluding diaryl/α,β-unsaturated/α-hetero) is 1. The second kappa shape index (κ2) is 5.78. The van der Waals surface area contributed by atoms with Gasteiger partial charge in [-0.25, -0.2) is 4.98 Å². The predicted octanol–water partition coefficient (Wildman–Crippen LogP) is 5.78. The molecule has 0 saturated carbocycles. The lowest BCUT2D eigenvalue weighted by Gasteiger charge is -2.18. The van der Waals surface area contributed by atoms with Crippen LogP contribution in [-0.4, -0.2) is 10.8 Å². The summed E-state index contributed by atoms with van der Waals surface area (Å²) < 4.78 is 0. The van der Waals surface area contributed by atoms with Gasteiger partial charge in [-0.15, -0.1) is 0 Å². The Kier molecular flexibility index (Phi) is 3.95. The van der Waals surface area contributed by atoms with Crippen LogP contribution in [0.5, 0.6) is 0 Å². The van der Waals surface area contributed by atoms with E-state index < -0.39 is 5.41 Å². The highest BCUT2D eigenvalue weighted by Crippen LogP contribution is 2.30. The fourth-order valence-electron chi connectivity index (χ4n) is 2.56. The third kappa shape index (κ3) is 3.13. The van der Waals surface area contributed by atoms with Gasteiger partial charge in [0, 0.05) is 27.0 Å². The molecule has 0 radical (unpaired) electrons.